The van der Waals surface area contributed by atoms with Crippen molar-refractivity contribution in [3.8, 4) is 0 Å². The summed E-state index contributed by atoms with van der Waals surface area (Å²) in [5.41, 5.74) is 0. The van der Waals surface area contributed by atoms with Crippen molar-refractivity contribution < 1.29 is 9.53 Å². The van der Waals surface area contributed by atoms with Crippen molar-refractivity contribution in [2.45, 2.75) is 96.5 Å². The summed E-state index contributed by atoms with van der Waals surface area (Å²) in [6, 6.07) is 0. The van der Waals surface area contributed by atoms with Gasteiger partial charge in [-0.3, -0.25) is 0 Å². The van der Waals surface area contributed by atoms with E-state index < -0.39 is 0 Å². The Morgan fingerprint density at radius 3 is 2.05 bits per heavy atom. The summed E-state index contributed by atoms with van der Waals surface area (Å²) < 4.78 is 5.25. The second-order valence-electron chi connectivity index (χ2n) is 6.02. The van der Waals surface area contributed by atoms with Gasteiger partial charge in [0.1, 0.15) is 6.10 Å². The maximum atomic E-state index is 11.1. The van der Waals surface area contributed by atoms with Crippen molar-refractivity contribution >= 4 is 5.97 Å². The molecule has 116 valence electrons. The van der Waals surface area contributed by atoms with E-state index in [0.717, 1.165) is 12.8 Å². The second kappa shape index (κ2) is 12.0. The van der Waals surface area contributed by atoms with Gasteiger partial charge in [0, 0.05) is 12.5 Å². The molecular weight excluding hydrogens is 248 g/mol. The largest absolute Gasteiger partial charge is 0.459 e. The molecular formula is C18H32O2. The normalized spacial score (nSPS) is 18.2. The topological polar surface area (TPSA) is 26.3 Å². The average Bonchev–Trinajstić information content (AvgIpc) is 2.45. The molecule has 2 heteroatoms. The third-order valence-corrected chi connectivity index (χ3v) is 4.07. The molecule has 1 unspecified atom stereocenters. The number of esters is 1. The predicted molar refractivity (Wildman–Crippen MR) is 84.7 cm³/mol. The van der Waals surface area contributed by atoms with Crippen molar-refractivity contribution in [3.05, 3.63) is 12.2 Å². The molecule has 2 nitrogen and oxygen atoms in total. The van der Waals surface area contributed by atoms with Crippen molar-refractivity contribution in [3.63, 3.8) is 0 Å². The van der Waals surface area contributed by atoms with Gasteiger partial charge in [-0.1, -0.05) is 77.2 Å². The Bertz CT molecular complexity index is 271. The van der Waals surface area contributed by atoms with E-state index in [-0.39, 0.29) is 12.1 Å². The van der Waals surface area contributed by atoms with E-state index in [4.69, 9.17) is 4.74 Å². The van der Waals surface area contributed by atoms with E-state index in [1.54, 1.807) is 0 Å². The van der Waals surface area contributed by atoms with Gasteiger partial charge in [-0.15, -0.1) is 0 Å². The van der Waals surface area contributed by atoms with Crippen LogP contribution >= 0.6 is 0 Å². The Morgan fingerprint density at radius 1 is 0.950 bits per heavy atom. The number of rotatable bonds is 12. The molecule has 0 saturated carbocycles. The molecule has 1 aliphatic heterocycles. The molecule has 1 rings (SSSR count). The van der Waals surface area contributed by atoms with Crippen LogP contribution in [0.25, 0.3) is 0 Å². The molecule has 0 N–H and O–H groups in total. The summed E-state index contributed by atoms with van der Waals surface area (Å²) in [5.74, 6) is -0.163. The number of unbranched alkanes of at least 4 members (excludes halogenated alkanes) is 10. The van der Waals surface area contributed by atoms with Gasteiger partial charge in [0.15, 0.2) is 0 Å². The first-order valence-electron chi connectivity index (χ1n) is 8.70. The first-order valence-corrected chi connectivity index (χ1v) is 8.70. The lowest BCUT2D eigenvalue weighted by atomic mass is 10.0. The fourth-order valence-corrected chi connectivity index (χ4v) is 2.78. The van der Waals surface area contributed by atoms with Crippen LogP contribution in [-0.4, -0.2) is 12.1 Å². The number of ether oxygens (including phenoxy) is 1. The summed E-state index contributed by atoms with van der Waals surface area (Å²) in [5, 5.41) is 0. The van der Waals surface area contributed by atoms with E-state index in [0.29, 0.717) is 0 Å². The minimum absolute atomic E-state index is 0.145. The molecule has 0 spiro atoms. The van der Waals surface area contributed by atoms with Crippen LogP contribution in [0.4, 0.5) is 0 Å². The lowest BCUT2D eigenvalue weighted by molar-refractivity contribution is -0.144. The summed E-state index contributed by atoms with van der Waals surface area (Å²) in [6.45, 7) is 2.27. The number of hydrogen-bond donors (Lipinski definition) is 0. The fourth-order valence-electron chi connectivity index (χ4n) is 2.78. The lowest BCUT2D eigenvalue weighted by Gasteiger charge is -2.18. The van der Waals surface area contributed by atoms with Gasteiger partial charge in [-0.05, 0) is 12.8 Å². The zero-order chi connectivity index (χ0) is 14.5. The fraction of sp³-hybridized carbons (Fsp3) is 0.833. The molecule has 0 aliphatic carbocycles. The maximum absolute atomic E-state index is 11.1. The Labute approximate surface area is 125 Å². The van der Waals surface area contributed by atoms with E-state index in [2.05, 4.69) is 6.92 Å². The molecule has 1 atom stereocenters. The van der Waals surface area contributed by atoms with Crippen LogP contribution in [0.1, 0.15) is 90.4 Å². The molecule has 1 aliphatic rings. The highest BCUT2D eigenvalue weighted by atomic mass is 16.5. The van der Waals surface area contributed by atoms with E-state index >= 15 is 0 Å². The quantitative estimate of drug-likeness (QED) is 0.345. The molecule has 0 bridgehead atoms. The molecule has 0 aromatic rings. The minimum atomic E-state index is -0.163. The first-order chi connectivity index (χ1) is 9.83. The Hall–Kier alpha value is -0.790. The zero-order valence-corrected chi connectivity index (χ0v) is 13.2. The van der Waals surface area contributed by atoms with Crippen LogP contribution in [0.5, 0.6) is 0 Å². The molecule has 0 saturated heterocycles. The highest BCUT2D eigenvalue weighted by Crippen LogP contribution is 2.16. The first kappa shape index (κ1) is 17.3. The Balaban J connectivity index is 1.79. The van der Waals surface area contributed by atoms with Gasteiger partial charge in [0.2, 0.25) is 0 Å². The number of carbonyl (C=O) groups is 1. The van der Waals surface area contributed by atoms with Gasteiger partial charge < -0.3 is 4.74 Å². The average molecular weight is 280 g/mol. The molecule has 1 heterocycles. The number of cyclic esters (lactones) is 1. The molecule has 0 fully saturated rings. The Morgan fingerprint density at radius 2 is 1.50 bits per heavy atom. The van der Waals surface area contributed by atoms with Gasteiger partial charge in [0.25, 0.3) is 0 Å². The summed E-state index contributed by atoms with van der Waals surface area (Å²) in [4.78, 5) is 11.1. The van der Waals surface area contributed by atoms with Gasteiger partial charge in [0.05, 0.1) is 0 Å². The molecule has 20 heavy (non-hydrogen) atoms. The smallest absolute Gasteiger partial charge is 0.330 e. The van der Waals surface area contributed by atoms with Crippen molar-refractivity contribution in [2.24, 2.45) is 0 Å². The molecule has 0 amide bonds. The number of carbonyl (C=O) groups excluding carboxylic acids is 1. The van der Waals surface area contributed by atoms with Crippen molar-refractivity contribution in [1.29, 1.82) is 0 Å². The lowest BCUT2D eigenvalue weighted by Crippen LogP contribution is -2.19. The monoisotopic (exact) mass is 280 g/mol. The third kappa shape index (κ3) is 9.17. The molecule has 0 aromatic heterocycles. The van der Waals surface area contributed by atoms with Crippen LogP contribution in [-0.2, 0) is 9.53 Å². The van der Waals surface area contributed by atoms with Crippen LogP contribution in [0.2, 0.25) is 0 Å². The summed E-state index contributed by atoms with van der Waals surface area (Å²) >= 11 is 0. The highest BCUT2D eigenvalue weighted by Gasteiger charge is 2.14. The zero-order valence-electron chi connectivity index (χ0n) is 13.2. The second-order valence-corrected chi connectivity index (χ2v) is 6.02. The summed E-state index contributed by atoms with van der Waals surface area (Å²) in [7, 11) is 0. The van der Waals surface area contributed by atoms with Crippen molar-refractivity contribution in [2.75, 3.05) is 0 Å². The summed E-state index contributed by atoms with van der Waals surface area (Å²) in [6.07, 6.45) is 20.6. The van der Waals surface area contributed by atoms with Gasteiger partial charge in [-0.25, -0.2) is 4.79 Å². The van der Waals surface area contributed by atoms with Gasteiger partial charge >= 0.3 is 5.97 Å². The maximum Gasteiger partial charge on any atom is 0.330 e. The highest BCUT2D eigenvalue weighted by molar-refractivity contribution is 5.82. The number of hydrogen-bond acceptors (Lipinski definition) is 2. The van der Waals surface area contributed by atoms with Crippen LogP contribution < -0.4 is 0 Å². The van der Waals surface area contributed by atoms with Gasteiger partial charge in [-0.2, -0.15) is 0 Å². The van der Waals surface area contributed by atoms with E-state index in [1.807, 2.05) is 6.08 Å². The van der Waals surface area contributed by atoms with E-state index in [9.17, 15) is 4.79 Å². The van der Waals surface area contributed by atoms with Crippen LogP contribution in [0, 0.1) is 0 Å². The van der Waals surface area contributed by atoms with Crippen LogP contribution in [0.15, 0.2) is 12.2 Å². The standard InChI is InChI=1S/C18H32O2/c1-2-3-4-5-6-7-8-9-10-11-12-14-17-15-13-16-18(19)20-17/h13,16-17H,2-12,14-15H2,1H3. The van der Waals surface area contributed by atoms with Crippen LogP contribution in [0.3, 0.4) is 0 Å². The third-order valence-electron chi connectivity index (χ3n) is 4.07. The minimum Gasteiger partial charge on any atom is -0.459 e. The molecule has 0 aromatic carbocycles. The van der Waals surface area contributed by atoms with E-state index in [1.165, 1.54) is 76.7 Å². The SMILES string of the molecule is CCCCCCCCCCCCCC1CC=CC(=O)O1. The predicted octanol–water partition coefficient (Wildman–Crippen LogP) is 5.56. The molecule has 0 radical (unpaired) electrons. The van der Waals surface area contributed by atoms with Crippen molar-refractivity contribution in [1.82, 2.24) is 0 Å². The Kier molecular flexibility index (Phi) is 10.3.